The van der Waals surface area contributed by atoms with Gasteiger partial charge in [0.15, 0.2) is 0 Å². The molecule has 0 saturated carbocycles. The van der Waals surface area contributed by atoms with Gasteiger partial charge in [0.05, 0.1) is 7.11 Å². The van der Waals surface area contributed by atoms with E-state index in [2.05, 4.69) is 18.2 Å². The number of hydrogen-bond acceptors (Lipinski definition) is 2. The van der Waals surface area contributed by atoms with Gasteiger partial charge in [-0.1, -0.05) is 36.4 Å². The van der Waals surface area contributed by atoms with Gasteiger partial charge in [-0.05, 0) is 28.8 Å². The van der Waals surface area contributed by atoms with Crippen molar-refractivity contribution >= 4 is 0 Å². The van der Waals surface area contributed by atoms with E-state index < -0.39 is 0 Å². The molecule has 0 aliphatic heterocycles. The zero-order valence-electron chi connectivity index (χ0n) is 9.94. The average molecular weight is 226 g/mol. The third-order valence-electron chi connectivity index (χ3n) is 2.75. The standard InChI is InChI=1S/C15H16NO/c1-17-15-8-3-2-7-14(15)10-12-5-4-6-13(9-12)11-16/h2,4-9H,10-11,16H2,1H3. The zero-order valence-corrected chi connectivity index (χ0v) is 9.94. The molecule has 0 heterocycles. The molecule has 17 heavy (non-hydrogen) atoms. The fraction of sp³-hybridized carbons (Fsp3) is 0.200. The van der Waals surface area contributed by atoms with Crippen LogP contribution < -0.4 is 10.5 Å². The Labute approximate surface area is 102 Å². The van der Waals surface area contributed by atoms with Gasteiger partial charge in [0.2, 0.25) is 0 Å². The number of methoxy groups -OCH3 is 1. The van der Waals surface area contributed by atoms with Crippen LogP contribution in [0.2, 0.25) is 0 Å². The number of hydrogen-bond donors (Lipinski definition) is 1. The Bertz CT molecular complexity index is 494. The van der Waals surface area contributed by atoms with Gasteiger partial charge in [0, 0.05) is 13.0 Å². The van der Waals surface area contributed by atoms with E-state index in [0.29, 0.717) is 6.54 Å². The van der Waals surface area contributed by atoms with Crippen LogP contribution in [0.1, 0.15) is 16.7 Å². The second kappa shape index (κ2) is 5.51. The van der Waals surface area contributed by atoms with Crippen LogP contribution in [-0.2, 0) is 13.0 Å². The van der Waals surface area contributed by atoms with Crippen LogP contribution in [-0.4, -0.2) is 7.11 Å². The minimum absolute atomic E-state index is 0.577. The van der Waals surface area contributed by atoms with Crippen molar-refractivity contribution < 1.29 is 4.74 Å². The predicted octanol–water partition coefficient (Wildman–Crippen LogP) is 2.54. The maximum atomic E-state index is 5.64. The van der Waals surface area contributed by atoms with Crippen molar-refractivity contribution in [3.8, 4) is 5.75 Å². The summed E-state index contributed by atoms with van der Waals surface area (Å²) in [4.78, 5) is 0. The summed E-state index contributed by atoms with van der Waals surface area (Å²) in [5.41, 5.74) is 9.21. The summed E-state index contributed by atoms with van der Waals surface area (Å²) in [6, 6.07) is 17.1. The first-order chi connectivity index (χ1) is 8.33. The highest BCUT2D eigenvalue weighted by molar-refractivity contribution is 5.37. The first-order valence-corrected chi connectivity index (χ1v) is 5.64. The monoisotopic (exact) mass is 226 g/mol. The van der Waals surface area contributed by atoms with Crippen molar-refractivity contribution in [2.24, 2.45) is 5.73 Å². The lowest BCUT2D eigenvalue weighted by Crippen LogP contribution is -1.98. The molecule has 0 unspecified atom stereocenters. The van der Waals surface area contributed by atoms with Crippen LogP contribution >= 0.6 is 0 Å². The summed E-state index contributed by atoms with van der Waals surface area (Å²) >= 11 is 0. The maximum Gasteiger partial charge on any atom is 0.123 e. The third-order valence-corrected chi connectivity index (χ3v) is 2.75. The minimum atomic E-state index is 0.577. The van der Waals surface area contributed by atoms with E-state index in [-0.39, 0.29) is 0 Å². The Morgan fingerprint density at radius 1 is 1.24 bits per heavy atom. The Kier molecular flexibility index (Phi) is 3.78. The van der Waals surface area contributed by atoms with E-state index in [1.807, 2.05) is 30.3 Å². The van der Waals surface area contributed by atoms with E-state index in [1.54, 1.807) is 7.11 Å². The SMILES string of the molecule is COc1c[c]ccc1Cc1cccc(CN)c1. The molecule has 0 aliphatic carbocycles. The number of rotatable bonds is 4. The van der Waals surface area contributed by atoms with Crippen molar-refractivity contribution in [1.82, 2.24) is 0 Å². The van der Waals surface area contributed by atoms with E-state index in [4.69, 9.17) is 10.5 Å². The van der Waals surface area contributed by atoms with Gasteiger partial charge >= 0.3 is 0 Å². The van der Waals surface area contributed by atoms with Gasteiger partial charge in [-0.2, -0.15) is 0 Å². The molecule has 2 heteroatoms. The molecule has 0 saturated heterocycles. The summed E-state index contributed by atoms with van der Waals surface area (Å²) in [6.07, 6.45) is 0.853. The zero-order chi connectivity index (χ0) is 12.1. The van der Waals surface area contributed by atoms with Gasteiger partial charge < -0.3 is 10.5 Å². The molecule has 2 aromatic rings. The third kappa shape index (κ3) is 2.86. The highest BCUT2D eigenvalue weighted by Gasteiger charge is 2.03. The first-order valence-electron chi connectivity index (χ1n) is 5.64. The molecule has 0 amide bonds. The molecule has 0 bridgehead atoms. The van der Waals surface area contributed by atoms with E-state index in [1.165, 1.54) is 11.1 Å². The van der Waals surface area contributed by atoms with E-state index in [9.17, 15) is 0 Å². The molecule has 2 rings (SSSR count). The van der Waals surface area contributed by atoms with Crippen molar-refractivity contribution in [2.75, 3.05) is 7.11 Å². The fourth-order valence-corrected chi connectivity index (χ4v) is 1.87. The van der Waals surface area contributed by atoms with Crippen molar-refractivity contribution in [3.63, 3.8) is 0 Å². The molecule has 0 fully saturated rings. The van der Waals surface area contributed by atoms with Gasteiger partial charge in [-0.15, -0.1) is 0 Å². The maximum absolute atomic E-state index is 5.64. The van der Waals surface area contributed by atoms with Crippen LogP contribution in [0.4, 0.5) is 0 Å². The Morgan fingerprint density at radius 3 is 2.82 bits per heavy atom. The molecular weight excluding hydrogens is 210 g/mol. The van der Waals surface area contributed by atoms with Crippen molar-refractivity contribution in [1.29, 1.82) is 0 Å². The molecule has 0 spiro atoms. The van der Waals surface area contributed by atoms with Crippen molar-refractivity contribution in [3.05, 3.63) is 65.2 Å². The minimum Gasteiger partial charge on any atom is -0.496 e. The molecule has 2 nitrogen and oxygen atoms in total. The highest BCUT2D eigenvalue weighted by Crippen LogP contribution is 2.21. The molecule has 0 aliphatic rings. The topological polar surface area (TPSA) is 35.2 Å². The van der Waals surface area contributed by atoms with Crippen LogP contribution in [0.25, 0.3) is 0 Å². The summed E-state index contributed by atoms with van der Waals surface area (Å²) < 4.78 is 5.32. The second-order valence-corrected chi connectivity index (χ2v) is 3.94. The quantitative estimate of drug-likeness (QED) is 0.869. The average Bonchev–Trinajstić information content (AvgIpc) is 2.39. The smallest absolute Gasteiger partial charge is 0.123 e. The highest BCUT2D eigenvalue weighted by atomic mass is 16.5. The van der Waals surface area contributed by atoms with Gasteiger partial charge in [-0.3, -0.25) is 0 Å². The van der Waals surface area contributed by atoms with Crippen LogP contribution in [0.15, 0.2) is 42.5 Å². The molecular formula is C15H16NO. The molecule has 0 atom stereocenters. The predicted molar refractivity (Wildman–Crippen MR) is 69.0 cm³/mol. The summed E-state index contributed by atoms with van der Waals surface area (Å²) in [5, 5.41) is 0. The largest absolute Gasteiger partial charge is 0.496 e. The van der Waals surface area contributed by atoms with Crippen LogP contribution in [0.5, 0.6) is 5.75 Å². The molecule has 87 valence electrons. The summed E-state index contributed by atoms with van der Waals surface area (Å²) in [6.45, 7) is 0.577. The first kappa shape index (κ1) is 11.7. The van der Waals surface area contributed by atoms with Gasteiger partial charge in [-0.25, -0.2) is 0 Å². The molecule has 2 aromatic carbocycles. The van der Waals surface area contributed by atoms with Crippen molar-refractivity contribution in [2.45, 2.75) is 13.0 Å². The summed E-state index contributed by atoms with van der Waals surface area (Å²) in [7, 11) is 1.68. The van der Waals surface area contributed by atoms with Crippen LogP contribution in [0.3, 0.4) is 0 Å². The van der Waals surface area contributed by atoms with Gasteiger partial charge in [0.1, 0.15) is 5.75 Å². The Morgan fingerprint density at radius 2 is 2.06 bits per heavy atom. The molecule has 0 aromatic heterocycles. The molecule has 2 N–H and O–H groups in total. The fourth-order valence-electron chi connectivity index (χ4n) is 1.87. The van der Waals surface area contributed by atoms with Gasteiger partial charge in [0.25, 0.3) is 0 Å². The Balaban J connectivity index is 2.24. The van der Waals surface area contributed by atoms with E-state index in [0.717, 1.165) is 17.7 Å². The second-order valence-electron chi connectivity index (χ2n) is 3.94. The lowest BCUT2D eigenvalue weighted by molar-refractivity contribution is 0.410. The molecule has 1 radical (unpaired) electrons. The van der Waals surface area contributed by atoms with E-state index >= 15 is 0 Å². The lowest BCUT2D eigenvalue weighted by Gasteiger charge is -2.08. The number of ether oxygens (including phenoxy) is 1. The number of benzene rings is 2. The normalized spacial score (nSPS) is 10.2. The van der Waals surface area contributed by atoms with Crippen LogP contribution in [0, 0.1) is 6.07 Å². The summed E-state index contributed by atoms with van der Waals surface area (Å²) in [5.74, 6) is 0.880. The Hall–Kier alpha value is -1.80. The number of nitrogens with two attached hydrogens (primary N) is 1. The lowest BCUT2D eigenvalue weighted by atomic mass is 10.0.